The standard InChI is InChI=1S/C21H26N2O3/c1-3-16(2)26-18-8-6-7-17(15-18)21(24)22-19-9-4-5-10-20(19)23-11-13-25-14-12-23/h4-10,15-16H,3,11-14H2,1-2H3,(H,22,24)/t16-/m0/s1. The fraction of sp³-hybridized carbons (Fsp3) is 0.381. The van der Waals surface area contributed by atoms with Crippen molar-refractivity contribution in [2.24, 2.45) is 0 Å². The Hall–Kier alpha value is -2.53. The summed E-state index contributed by atoms with van der Waals surface area (Å²) in [7, 11) is 0. The van der Waals surface area contributed by atoms with E-state index in [9.17, 15) is 4.79 Å². The van der Waals surface area contributed by atoms with Crippen LogP contribution in [0.15, 0.2) is 48.5 Å². The molecule has 0 bridgehead atoms. The molecule has 0 aliphatic carbocycles. The molecule has 1 aliphatic rings. The van der Waals surface area contributed by atoms with E-state index < -0.39 is 0 Å². The van der Waals surface area contributed by atoms with Gasteiger partial charge in [-0.2, -0.15) is 0 Å². The van der Waals surface area contributed by atoms with E-state index in [1.807, 2.05) is 43.3 Å². The number of anilines is 2. The molecule has 5 heteroatoms. The van der Waals surface area contributed by atoms with Gasteiger partial charge in [-0.3, -0.25) is 4.79 Å². The number of ether oxygens (including phenoxy) is 2. The van der Waals surface area contributed by atoms with Gasteiger partial charge in [0, 0.05) is 18.7 Å². The number of carbonyl (C=O) groups excluding carboxylic acids is 1. The van der Waals surface area contributed by atoms with E-state index in [1.54, 1.807) is 12.1 Å². The van der Waals surface area contributed by atoms with Gasteiger partial charge in [0.1, 0.15) is 5.75 Å². The molecular formula is C21H26N2O3. The molecule has 1 fully saturated rings. The van der Waals surface area contributed by atoms with E-state index >= 15 is 0 Å². The number of morpholine rings is 1. The summed E-state index contributed by atoms with van der Waals surface area (Å²) in [5.41, 5.74) is 2.42. The molecule has 0 spiro atoms. The van der Waals surface area contributed by atoms with E-state index in [-0.39, 0.29) is 12.0 Å². The number of hydrogen-bond donors (Lipinski definition) is 1. The fourth-order valence-electron chi connectivity index (χ4n) is 2.88. The lowest BCUT2D eigenvalue weighted by molar-refractivity contribution is 0.102. The van der Waals surface area contributed by atoms with E-state index in [2.05, 4.69) is 17.1 Å². The minimum atomic E-state index is -0.139. The molecule has 138 valence electrons. The topological polar surface area (TPSA) is 50.8 Å². The maximum Gasteiger partial charge on any atom is 0.255 e. The maximum atomic E-state index is 12.7. The minimum Gasteiger partial charge on any atom is -0.491 e. The van der Waals surface area contributed by atoms with E-state index in [0.29, 0.717) is 24.5 Å². The molecule has 26 heavy (non-hydrogen) atoms. The van der Waals surface area contributed by atoms with Crippen molar-refractivity contribution in [1.29, 1.82) is 0 Å². The van der Waals surface area contributed by atoms with Crippen LogP contribution < -0.4 is 15.0 Å². The number of nitrogens with zero attached hydrogens (tertiary/aromatic N) is 1. The number of amides is 1. The zero-order chi connectivity index (χ0) is 18.4. The van der Waals surface area contributed by atoms with Crippen molar-refractivity contribution < 1.29 is 14.3 Å². The van der Waals surface area contributed by atoms with E-state index in [4.69, 9.17) is 9.47 Å². The highest BCUT2D eigenvalue weighted by atomic mass is 16.5. The number of benzene rings is 2. The van der Waals surface area contributed by atoms with Crippen LogP contribution in [0.4, 0.5) is 11.4 Å². The summed E-state index contributed by atoms with van der Waals surface area (Å²) in [6.07, 6.45) is 1.04. The van der Waals surface area contributed by atoms with Gasteiger partial charge in [0.05, 0.1) is 30.7 Å². The van der Waals surface area contributed by atoms with Crippen molar-refractivity contribution in [3.63, 3.8) is 0 Å². The molecule has 0 radical (unpaired) electrons. The average Bonchev–Trinajstić information content (AvgIpc) is 2.69. The van der Waals surface area contributed by atoms with Crippen LogP contribution in [0.1, 0.15) is 30.6 Å². The van der Waals surface area contributed by atoms with Gasteiger partial charge < -0.3 is 19.7 Å². The van der Waals surface area contributed by atoms with E-state index in [0.717, 1.165) is 30.9 Å². The van der Waals surface area contributed by atoms with Crippen LogP contribution in [0, 0.1) is 0 Å². The van der Waals surface area contributed by atoms with Crippen LogP contribution in [0.5, 0.6) is 5.75 Å². The Labute approximate surface area is 154 Å². The van der Waals surface area contributed by atoms with Crippen molar-refractivity contribution in [2.45, 2.75) is 26.4 Å². The summed E-state index contributed by atoms with van der Waals surface area (Å²) < 4.78 is 11.2. The second-order valence-electron chi connectivity index (χ2n) is 6.44. The van der Waals surface area contributed by atoms with Gasteiger partial charge in [-0.05, 0) is 43.7 Å². The number of rotatable bonds is 6. The summed E-state index contributed by atoms with van der Waals surface area (Å²) in [6, 6.07) is 15.2. The van der Waals surface area contributed by atoms with Gasteiger partial charge >= 0.3 is 0 Å². The molecule has 2 aromatic carbocycles. The predicted octanol–water partition coefficient (Wildman–Crippen LogP) is 3.95. The fourth-order valence-corrected chi connectivity index (χ4v) is 2.88. The molecule has 1 aliphatic heterocycles. The molecule has 0 saturated carbocycles. The first-order valence-electron chi connectivity index (χ1n) is 9.17. The SMILES string of the molecule is CC[C@H](C)Oc1cccc(C(=O)Nc2ccccc2N2CCOCC2)c1. The molecule has 5 nitrogen and oxygen atoms in total. The Kier molecular flexibility index (Phi) is 6.12. The molecule has 1 N–H and O–H groups in total. The smallest absolute Gasteiger partial charge is 0.255 e. The highest BCUT2D eigenvalue weighted by Gasteiger charge is 2.16. The summed E-state index contributed by atoms with van der Waals surface area (Å²) in [4.78, 5) is 15.0. The Morgan fingerprint density at radius 3 is 2.73 bits per heavy atom. The van der Waals surface area contributed by atoms with Gasteiger partial charge in [0.15, 0.2) is 0 Å². The molecule has 0 unspecified atom stereocenters. The lowest BCUT2D eigenvalue weighted by atomic mass is 10.1. The third kappa shape index (κ3) is 4.55. The minimum absolute atomic E-state index is 0.121. The van der Waals surface area contributed by atoms with Gasteiger partial charge in [0.25, 0.3) is 5.91 Å². The molecule has 1 atom stereocenters. The first kappa shape index (κ1) is 18.3. The number of para-hydroxylation sites is 2. The highest BCUT2D eigenvalue weighted by Crippen LogP contribution is 2.27. The largest absolute Gasteiger partial charge is 0.491 e. The Morgan fingerprint density at radius 2 is 1.96 bits per heavy atom. The van der Waals surface area contributed by atoms with Crippen LogP contribution in [0.25, 0.3) is 0 Å². The molecule has 1 amide bonds. The summed E-state index contributed by atoms with van der Waals surface area (Å²) >= 11 is 0. The van der Waals surface area contributed by atoms with Gasteiger partial charge in [-0.25, -0.2) is 0 Å². The monoisotopic (exact) mass is 354 g/mol. The van der Waals surface area contributed by atoms with Crippen molar-refractivity contribution in [3.8, 4) is 5.75 Å². The van der Waals surface area contributed by atoms with Crippen molar-refractivity contribution >= 4 is 17.3 Å². The Bertz CT molecular complexity index is 742. The quantitative estimate of drug-likeness (QED) is 0.853. The summed E-state index contributed by atoms with van der Waals surface area (Å²) in [5.74, 6) is 0.578. The third-order valence-corrected chi connectivity index (χ3v) is 4.51. The molecule has 2 aromatic rings. The summed E-state index contributed by atoms with van der Waals surface area (Å²) in [5, 5.41) is 3.04. The Morgan fingerprint density at radius 1 is 1.19 bits per heavy atom. The van der Waals surface area contributed by atoms with Crippen molar-refractivity contribution in [1.82, 2.24) is 0 Å². The summed E-state index contributed by atoms with van der Waals surface area (Å²) in [6.45, 7) is 7.15. The van der Waals surface area contributed by atoms with Crippen molar-refractivity contribution in [2.75, 3.05) is 36.5 Å². The zero-order valence-electron chi connectivity index (χ0n) is 15.4. The van der Waals surface area contributed by atoms with Crippen LogP contribution in [0.3, 0.4) is 0 Å². The second kappa shape index (κ2) is 8.72. The molecule has 1 saturated heterocycles. The van der Waals surface area contributed by atoms with Gasteiger partial charge in [0.2, 0.25) is 0 Å². The first-order chi connectivity index (χ1) is 12.7. The maximum absolute atomic E-state index is 12.7. The lowest BCUT2D eigenvalue weighted by Crippen LogP contribution is -2.36. The molecule has 0 aromatic heterocycles. The van der Waals surface area contributed by atoms with Crippen molar-refractivity contribution in [3.05, 3.63) is 54.1 Å². The molecule has 1 heterocycles. The second-order valence-corrected chi connectivity index (χ2v) is 6.44. The normalized spacial score (nSPS) is 15.4. The van der Waals surface area contributed by atoms with Crippen LogP contribution >= 0.6 is 0 Å². The number of carbonyl (C=O) groups is 1. The number of hydrogen-bond acceptors (Lipinski definition) is 4. The first-order valence-corrected chi connectivity index (χ1v) is 9.17. The van der Waals surface area contributed by atoms with Crippen LogP contribution in [-0.4, -0.2) is 38.3 Å². The van der Waals surface area contributed by atoms with Crippen LogP contribution in [-0.2, 0) is 4.74 Å². The highest BCUT2D eigenvalue weighted by molar-refractivity contribution is 6.06. The zero-order valence-corrected chi connectivity index (χ0v) is 15.4. The average molecular weight is 354 g/mol. The van der Waals surface area contributed by atoms with E-state index in [1.165, 1.54) is 0 Å². The molecular weight excluding hydrogens is 328 g/mol. The van der Waals surface area contributed by atoms with Crippen LogP contribution in [0.2, 0.25) is 0 Å². The predicted molar refractivity (Wildman–Crippen MR) is 104 cm³/mol. The number of nitrogens with one attached hydrogen (secondary N) is 1. The van der Waals surface area contributed by atoms with Gasteiger partial charge in [-0.15, -0.1) is 0 Å². The lowest BCUT2D eigenvalue weighted by Gasteiger charge is -2.30. The van der Waals surface area contributed by atoms with Gasteiger partial charge in [-0.1, -0.05) is 25.1 Å². The molecule has 3 rings (SSSR count). The third-order valence-electron chi connectivity index (χ3n) is 4.51. The Balaban J connectivity index is 1.75.